The average Bonchev–Trinajstić information content (AvgIpc) is 2.67. The molecule has 2 saturated heterocycles. The first-order valence-electron chi connectivity index (χ1n) is 5.31. The van der Waals surface area contributed by atoms with Crippen molar-refractivity contribution in [3.63, 3.8) is 0 Å². The molecule has 0 bridgehead atoms. The van der Waals surface area contributed by atoms with E-state index in [0.29, 0.717) is 5.17 Å². The summed E-state index contributed by atoms with van der Waals surface area (Å²) in [7, 11) is 1.55. The number of amidine groups is 1. The second-order valence-electron chi connectivity index (χ2n) is 4.16. The maximum absolute atomic E-state index is 12.4. The summed E-state index contributed by atoms with van der Waals surface area (Å²) in [6.07, 6.45) is -10.4. The SMILES string of the molecule is CN=C1N[C@@H]2C[C@H](O)[C@@H]([C@@H](O)C(F)(F)F)O[C@@H]2S1. The van der Waals surface area contributed by atoms with Crippen LogP contribution in [0.2, 0.25) is 0 Å². The van der Waals surface area contributed by atoms with Gasteiger partial charge in [0.25, 0.3) is 0 Å². The molecule has 0 aromatic heterocycles. The van der Waals surface area contributed by atoms with E-state index >= 15 is 0 Å². The number of fused-ring (bicyclic) bond motifs is 1. The molecule has 2 aliphatic rings. The summed E-state index contributed by atoms with van der Waals surface area (Å²) in [4.78, 5) is 3.88. The molecule has 0 aromatic carbocycles. The van der Waals surface area contributed by atoms with Gasteiger partial charge in [0.15, 0.2) is 11.3 Å². The van der Waals surface area contributed by atoms with Gasteiger partial charge in [0.1, 0.15) is 11.5 Å². The molecule has 0 aromatic rings. The Morgan fingerprint density at radius 3 is 2.78 bits per heavy atom. The van der Waals surface area contributed by atoms with Gasteiger partial charge >= 0.3 is 6.18 Å². The molecule has 5 atom stereocenters. The standard InChI is InChI=1S/C9H13F3N2O3S/c1-13-8-14-3-2-4(15)5(17-7(3)18-8)6(16)9(10,11)12/h3-7,15-16H,2H2,1H3,(H,13,14)/t3-,4+,5+,6-,7-/m1/s1. The highest BCUT2D eigenvalue weighted by Crippen LogP contribution is 2.37. The maximum Gasteiger partial charge on any atom is 0.417 e. The van der Waals surface area contributed by atoms with Crippen molar-refractivity contribution < 1.29 is 28.1 Å². The summed E-state index contributed by atoms with van der Waals surface area (Å²) >= 11 is 1.16. The third-order valence-corrected chi connectivity index (χ3v) is 4.08. The number of rotatable bonds is 1. The number of aliphatic hydroxyl groups excluding tert-OH is 2. The number of hydrogen-bond acceptors (Lipinski definition) is 5. The Balaban J connectivity index is 2.08. The van der Waals surface area contributed by atoms with Crippen molar-refractivity contribution in [3.05, 3.63) is 0 Å². The van der Waals surface area contributed by atoms with Gasteiger partial charge in [-0.05, 0) is 6.42 Å². The Labute approximate surface area is 105 Å². The van der Waals surface area contributed by atoms with Crippen molar-refractivity contribution >= 4 is 16.9 Å². The van der Waals surface area contributed by atoms with E-state index in [0.717, 1.165) is 11.8 Å². The molecule has 2 fully saturated rings. The molecule has 0 unspecified atom stereocenters. The molecule has 0 radical (unpaired) electrons. The third-order valence-electron chi connectivity index (χ3n) is 2.88. The number of ether oxygens (including phenoxy) is 1. The Hall–Kier alpha value is -0.510. The minimum Gasteiger partial charge on any atom is -0.390 e. The van der Waals surface area contributed by atoms with E-state index in [-0.39, 0.29) is 12.5 Å². The summed E-state index contributed by atoms with van der Waals surface area (Å²) in [5, 5.41) is 22.3. The van der Waals surface area contributed by atoms with Crippen LogP contribution in [0.4, 0.5) is 13.2 Å². The van der Waals surface area contributed by atoms with Crippen LogP contribution in [0.3, 0.4) is 0 Å². The van der Waals surface area contributed by atoms with Gasteiger partial charge in [-0.1, -0.05) is 11.8 Å². The molecule has 9 heteroatoms. The van der Waals surface area contributed by atoms with Gasteiger partial charge in [-0.15, -0.1) is 0 Å². The highest BCUT2D eigenvalue weighted by molar-refractivity contribution is 8.14. The van der Waals surface area contributed by atoms with E-state index in [4.69, 9.17) is 9.84 Å². The molecule has 3 N–H and O–H groups in total. The van der Waals surface area contributed by atoms with Crippen molar-refractivity contribution in [1.29, 1.82) is 0 Å². The zero-order valence-electron chi connectivity index (χ0n) is 9.39. The first kappa shape index (κ1) is 13.9. The highest BCUT2D eigenvalue weighted by atomic mass is 32.2. The van der Waals surface area contributed by atoms with Crippen LogP contribution in [0.1, 0.15) is 6.42 Å². The molecule has 5 nitrogen and oxygen atoms in total. The number of alkyl halides is 3. The summed E-state index contributed by atoms with van der Waals surface area (Å²) in [6, 6.07) is -0.291. The predicted molar refractivity (Wildman–Crippen MR) is 59.2 cm³/mol. The molecule has 0 saturated carbocycles. The summed E-state index contributed by atoms with van der Waals surface area (Å²) in [6.45, 7) is 0. The summed E-state index contributed by atoms with van der Waals surface area (Å²) in [5.74, 6) is 0. The lowest BCUT2D eigenvalue weighted by atomic mass is 9.97. The van der Waals surface area contributed by atoms with E-state index in [2.05, 4.69) is 10.3 Å². The molecule has 104 valence electrons. The minimum atomic E-state index is -4.81. The normalized spacial score (nSPS) is 40.4. The van der Waals surface area contributed by atoms with Crippen molar-refractivity contribution in [2.45, 2.75) is 42.4 Å². The number of nitrogens with one attached hydrogen (secondary N) is 1. The zero-order chi connectivity index (χ0) is 13.5. The number of aliphatic imine (C=N–C) groups is 1. The molecular formula is C9H13F3N2O3S. The van der Waals surface area contributed by atoms with Crippen LogP contribution in [0.25, 0.3) is 0 Å². The lowest BCUT2D eigenvalue weighted by Gasteiger charge is -2.37. The molecule has 2 aliphatic heterocycles. The molecule has 0 spiro atoms. The number of nitrogens with zero attached hydrogens (tertiary/aromatic N) is 1. The molecule has 2 rings (SSSR count). The molecule has 0 aliphatic carbocycles. The topological polar surface area (TPSA) is 74.1 Å². The monoisotopic (exact) mass is 286 g/mol. The van der Waals surface area contributed by atoms with Crippen LogP contribution >= 0.6 is 11.8 Å². The Kier molecular flexibility index (Phi) is 3.77. The van der Waals surface area contributed by atoms with Gasteiger partial charge in [0.05, 0.1) is 12.1 Å². The number of aliphatic hydroxyl groups is 2. The molecule has 0 amide bonds. The maximum atomic E-state index is 12.4. The Bertz CT molecular complexity index is 352. The third kappa shape index (κ3) is 2.58. The van der Waals surface area contributed by atoms with Gasteiger partial charge in [-0.25, -0.2) is 0 Å². The fourth-order valence-corrected chi connectivity index (χ4v) is 3.05. The van der Waals surface area contributed by atoms with Crippen molar-refractivity contribution in [2.75, 3.05) is 7.05 Å². The van der Waals surface area contributed by atoms with Crippen molar-refractivity contribution in [1.82, 2.24) is 5.32 Å². The van der Waals surface area contributed by atoms with Crippen LogP contribution in [0, 0.1) is 0 Å². The van der Waals surface area contributed by atoms with Gasteiger partial charge < -0.3 is 20.3 Å². The summed E-state index contributed by atoms with van der Waals surface area (Å²) < 4.78 is 42.4. The minimum absolute atomic E-state index is 0.0779. The van der Waals surface area contributed by atoms with Crippen LogP contribution < -0.4 is 5.32 Å². The lowest BCUT2D eigenvalue weighted by Crippen LogP contribution is -2.55. The van der Waals surface area contributed by atoms with Gasteiger partial charge in [-0.3, -0.25) is 4.99 Å². The number of hydrogen-bond donors (Lipinski definition) is 3. The number of thioether (sulfide) groups is 1. The summed E-state index contributed by atoms with van der Waals surface area (Å²) in [5.41, 5.74) is -0.575. The van der Waals surface area contributed by atoms with E-state index in [1.165, 1.54) is 0 Å². The average molecular weight is 286 g/mol. The molecule has 2 heterocycles. The molecular weight excluding hydrogens is 273 g/mol. The van der Waals surface area contributed by atoms with Gasteiger partial charge in [0.2, 0.25) is 0 Å². The zero-order valence-corrected chi connectivity index (χ0v) is 10.2. The predicted octanol–water partition coefficient (Wildman–Crippen LogP) is 0.0763. The van der Waals surface area contributed by atoms with Gasteiger partial charge in [-0.2, -0.15) is 13.2 Å². The second-order valence-corrected chi connectivity index (χ2v) is 5.24. The van der Waals surface area contributed by atoms with Crippen LogP contribution in [0.15, 0.2) is 4.99 Å². The first-order chi connectivity index (χ1) is 8.32. The van der Waals surface area contributed by atoms with Crippen LogP contribution in [-0.2, 0) is 4.74 Å². The second kappa shape index (κ2) is 4.87. The smallest absolute Gasteiger partial charge is 0.390 e. The van der Waals surface area contributed by atoms with Crippen LogP contribution in [0.5, 0.6) is 0 Å². The van der Waals surface area contributed by atoms with Crippen molar-refractivity contribution in [2.24, 2.45) is 4.99 Å². The molecule has 18 heavy (non-hydrogen) atoms. The van der Waals surface area contributed by atoms with Crippen LogP contribution in [-0.4, -0.2) is 58.4 Å². The van der Waals surface area contributed by atoms with Crippen molar-refractivity contribution in [3.8, 4) is 0 Å². The Morgan fingerprint density at radius 1 is 1.56 bits per heavy atom. The van der Waals surface area contributed by atoms with E-state index < -0.39 is 29.9 Å². The first-order valence-corrected chi connectivity index (χ1v) is 6.19. The van der Waals surface area contributed by atoms with Gasteiger partial charge in [0, 0.05) is 7.05 Å². The number of halogens is 3. The highest BCUT2D eigenvalue weighted by Gasteiger charge is 2.52. The lowest BCUT2D eigenvalue weighted by molar-refractivity contribution is -0.260. The van der Waals surface area contributed by atoms with E-state index in [1.54, 1.807) is 7.05 Å². The van der Waals surface area contributed by atoms with E-state index in [9.17, 15) is 18.3 Å². The largest absolute Gasteiger partial charge is 0.417 e. The Morgan fingerprint density at radius 2 is 2.22 bits per heavy atom. The fourth-order valence-electron chi connectivity index (χ4n) is 1.97. The fraction of sp³-hybridized carbons (Fsp3) is 0.889. The quantitative estimate of drug-likeness (QED) is 0.636. The van der Waals surface area contributed by atoms with E-state index in [1.807, 2.05) is 0 Å².